The smallest absolute Gasteiger partial charge is 0.252 e. The molecule has 0 fully saturated rings. The Labute approximate surface area is 142 Å². The molecule has 10 heteroatoms. The maximum absolute atomic E-state index is 12.6. The van der Waals surface area contributed by atoms with Gasteiger partial charge in [-0.3, -0.25) is 9.59 Å². The zero-order chi connectivity index (χ0) is 17.6. The van der Waals surface area contributed by atoms with Gasteiger partial charge in [-0.15, -0.1) is 5.10 Å². The van der Waals surface area contributed by atoms with Gasteiger partial charge in [0.05, 0.1) is 0 Å². The number of nitrogens with two attached hydrogens (primary N) is 1. The van der Waals surface area contributed by atoms with Crippen LogP contribution in [0.4, 0.5) is 5.82 Å². The maximum atomic E-state index is 12.6. The molecule has 0 aliphatic carbocycles. The fraction of sp³-hybridized carbons (Fsp3) is 0.200. The summed E-state index contributed by atoms with van der Waals surface area (Å²) >= 11 is 0. The van der Waals surface area contributed by atoms with Crippen LogP contribution in [0.5, 0.6) is 0 Å². The van der Waals surface area contributed by atoms with E-state index in [9.17, 15) is 9.59 Å². The van der Waals surface area contributed by atoms with Crippen LogP contribution in [0.25, 0.3) is 0 Å². The Morgan fingerprint density at radius 3 is 2.80 bits per heavy atom. The highest BCUT2D eigenvalue weighted by Gasteiger charge is 2.23. The highest BCUT2D eigenvalue weighted by atomic mass is 16.2. The Morgan fingerprint density at radius 2 is 2.12 bits per heavy atom. The van der Waals surface area contributed by atoms with Crippen molar-refractivity contribution >= 4 is 11.7 Å². The lowest BCUT2D eigenvalue weighted by molar-refractivity contribution is -0.123. The molecular formula is C15H16N8O2. The lowest BCUT2D eigenvalue weighted by atomic mass is 10.1. The minimum Gasteiger partial charge on any atom is -0.383 e. The third kappa shape index (κ3) is 4.05. The molecule has 1 amide bonds. The van der Waals surface area contributed by atoms with E-state index in [0.29, 0.717) is 12.2 Å². The lowest BCUT2D eigenvalue weighted by Crippen LogP contribution is -2.35. The summed E-state index contributed by atoms with van der Waals surface area (Å²) in [6, 6.07) is 9.68. The maximum Gasteiger partial charge on any atom is 0.252 e. The molecule has 3 aromatic rings. The molecule has 3 rings (SSSR count). The highest BCUT2D eigenvalue weighted by molar-refractivity contribution is 5.83. The van der Waals surface area contributed by atoms with Crippen molar-refractivity contribution in [3.63, 3.8) is 0 Å². The number of carbonyl (C=O) groups is 1. The summed E-state index contributed by atoms with van der Waals surface area (Å²) in [5.74, 6) is 0.273. The molecule has 128 valence electrons. The van der Waals surface area contributed by atoms with Crippen molar-refractivity contribution in [2.24, 2.45) is 0 Å². The van der Waals surface area contributed by atoms with E-state index in [1.165, 1.54) is 17.1 Å². The van der Waals surface area contributed by atoms with Crippen LogP contribution in [-0.4, -0.2) is 42.6 Å². The minimum absolute atomic E-state index is 0.140. The molecule has 2 aromatic heterocycles. The third-order valence-electron chi connectivity index (χ3n) is 3.46. The summed E-state index contributed by atoms with van der Waals surface area (Å²) in [5, 5.41) is 13.8. The van der Waals surface area contributed by atoms with Crippen LogP contribution in [0.15, 0.2) is 47.5 Å². The molecule has 0 radical (unpaired) electrons. The molecule has 1 unspecified atom stereocenters. The number of nitrogens with zero attached hydrogens (tertiary/aromatic N) is 5. The van der Waals surface area contributed by atoms with Crippen molar-refractivity contribution in [3.05, 3.63) is 64.5 Å². The first kappa shape index (κ1) is 16.3. The monoisotopic (exact) mass is 340 g/mol. The number of benzene rings is 1. The molecule has 1 atom stereocenters. The van der Waals surface area contributed by atoms with Crippen molar-refractivity contribution in [1.29, 1.82) is 0 Å². The first-order valence-electron chi connectivity index (χ1n) is 7.54. The van der Waals surface area contributed by atoms with E-state index < -0.39 is 6.04 Å². The van der Waals surface area contributed by atoms with Gasteiger partial charge in [0.2, 0.25) is 5.91 Å². The van der Waals surface area contributed by atoms with Gasteiger partial charge in [-0.2, -0.15) is 0 Å². The van der Waals surface area contributed by atoms with Crippen molar-refractivity contribution in [1.82, 2.24) is 35.5 Å². The fourth-order valence-corrected chi connectivity index (χ4v) is 2.39. The van der Waals surface area contributed by atoms with E-state index in [2.05, 4.69) is 30.8 Å². The van der Waals surface area contributed by atoms with Gasteiger partial charge in [-0.25, -0.2) is 9.67 Å². The van der Waals surface area contributed by atoms with Crippen LogP contribution in [0.3, 0.4) is 0 Å². The topological polar surface area (TPSA) is 144 Å². The number of carbonyl (C=O) groups excluding carboxylic acids is 1. The Hall–Kier alpha value is -3.56. The van der Waals surface area contributed by atoms with Gasteiger partial charge in [0, 0.05) is 19.0 Å². The number of tetrazole rings is 1. The van der Waals surface area contributed by atoms with Gasteiger partial charge in [-0.05, 0) is 16.0 Å². The Morgan fingerprint density at radius 1 is 1.32 bits per heavy atom. The summed E-state index contributed by atoms with van der Waals surface area (Å²) in [6.07, 6.45) is 1.72. The van der Waals surface area contributed by atoms with Gasteiger partial charge in [-0.1, -0.05) is 30.3 Å². The number of aromatic nitrogens is 6. The third-order valence-corrected chi connectivity index (χ3v) is 3.46. The predicted octanol–water partition coefficient (Wildman–Crippen LogP) is -0.713. The molecule has 0 spiro atoms. The number of rotatable bonds is 6. The number of hydrogen-bond donors (Lipinski definition) is 3. The van der Waals surface area contributed by atoms with Gasteiger partial charge < -0.3 is 16.0 Å². The molecule has 0 bridgehead atoms. The van der Waals surface area contributed by atoms with E-state index in [0.717, 1.165) is 5.56 Å². The second kappa shape index (κ2) is 7.34. The van der Waals surface area contributed by atoms with Crippen LogP contribution in [0.2, 0.25) is 0 Å². The number of aromatic amines is 1. The number of amides is 1. The number of hydrogen-bond acceptors (Lipinski definition) is 7. The normalized spacial score (nSPS) is 11.8. The Kier molecular flexibility index (Phi) is 4.79. The van der Waals surface area contributed by atoms with Crippen molar-refractivity contribution in [2.45, 2.75) is 12.5 Å². The SMILES string of the molecule is Nc1cc(=O)[nH]c(CCNC(=O)C(c2ccccc2)n2cnnn2)n1. The largest absolute Gasteiger partial charge is 0.383 e. The predicted molar refractivity (Wildman–Crippen MR) is 88.4 cm³/mol. The minimum atomic E-state index is -0.691. The molecule has 0 saturated heterocycles. The summed E-state index contributed by atoms with van der Waals surface area (Å²) < 4.78 is 1.38. The number of anilines is 1. The van der Waals surface area contributed by atoms with Gasteiger partial charge in [0.1, 0.15) is 18.0 Å². The quantitative estimate of drug-likeness (QED) is 0.537. The van der Waals surface area contributed by atoms with Gasteiger partial charge in [0.15, 0.2) is 6.04 Å². The van der Waals surface area contributed by atoms with Crippen LogP contribution in [0, 0.1) is 0 Å². The summed E-state index contributed by atoms with van der Waals surface area (Å²) in [7, 11) is 0. The van der Waals surface area contributed by atoms with E-state index >= 15 is 0 Å². The van der Waals surface area contributed by atoms with E-state index in [1.54, 1.807) is 0 Å². The first-order chi connectivity index (χ1) is 12.1. The second-order valence-corrected chi connectivity index (χ2v) is 5.26. The molecule has 0 aliphatic rings. The van der Waals surface area contributed by atoms with E-state index in [4.69, 9.17) is 5.73 Å². The summed E-state index contributed by atoms with van der Waals surface area (Å²) in [5.41, 5.74) is 5.96. The van der Waals surface area contributed by atoms with Crippen molar-refractivity contribution < 1.29 is 4.79 Å². The average molecular weight is 340 g/mol. The van der Waals surface area contributed by atoms with E-state index in [-0.39, 0.29) is 23.8 Å². The number of H-pyrrole nitrogens is 1. The number of nitrogen functional groups attached to an aromatic ring is 1. The average Bonchev–Trinajstić information content (AvgIpc) is 3.09. The van der Waals surface area contributed by atoms with Crippen LogP contribution >= 0.6 is 0 Å². The lowest BCUT2D eigenvalue weighted by Gasteiger charge is -2.16. The Balaban J connectivity index is 1.70. The standard InChI is InChI=1S/C15H16N8O2/c16-11-8-13(24)20-12(19-11)6-7-17-15(25)14(23-9-18-21-22-23)10-4-2-1-3-5-10/h1-5,8-9,14H,6-7H2,(H,17,25)(H3,16,19,20,24). The summed E-state index contributed by atoms with van der Waals surface area (Å²) in [6.45, 7) is 0.274. The molecule has 25 heavy (non-hydrogen) atoms. The van der Waals surface area contributed by atoms with Crippen molar-refractivity contribution in [3.8, 4) is 0 Å². The molecule has 1 aromatic carbocycles. The van der Waals surface area contributed by atoms with Crippen LogP contribution < -0.4 is 16.6 Å². The zero-order valence-electron chi connectivity index (χ0n) is 13.2. The second-order valence-electron chi connectivity index (χ2n) is 5.26. The molecule has 4 N–H and O–H groups in total. The molecule has 2 heterocycles. The Bertz CT molecular complexity index is 891. The van der Waals surface area contributed by atoms with E-state index in [1.807, 2.05) is 30.3 Å². The molecular weight excluding hydrogens is 324 g/mol. The first-order valence-corrected chi connectivity index (χ1v) is 7.54. The zero-order valence-corrected chi connectivity index (χ0v) is 13.2. The highest BCUT2D eigenvalue weighted by Crippen LogP contribution is 2.16. The fourth-order valence-electron chi connectivity index (χ4n) is 2.39. The van der Waals surface area contributed by atoms with Gasteiger partial charge >= 0.3 is 0 Å². The van der Waals surface area contributed by atoms with Crippen LogP contribution in [0.1, 0.15) is 17.4 Å². The summed E-state index contributed by atoms with van der Waals surface area (Å²) in [4.78, 5) is 30.6. The van der Waals surface area contributed by atoms with Gasteiger partial charge in [0.25, 0.3) is 5.56 Å². The van der Waals surface area contributed by atoms with Crippen molar-refractivity contribution in [2.75, 3.05) is 12.3 Å². The number of nitrogens with one attached hydrogen (secondary N) is 2. The molecule has 0 aliphatic heterocycles. The molecule has 0 saturated carbocycles. The van der Waals surface area contributed by atoms with Crippen LogP contribution in [-0.2, 0) is 11.2 Å². The molecule has 10 nitrogen and oxygen atoms in total.